The number of fused-ring (bicyclic) bond motifs is 1. The van der Waals surface area contributed by atoms with Gasteiger partial charge in [-0.25, -0.2) is 0 Å². The summed E-state index contributed by atoms with van der Waals surface area (Å²) in [6.45, 7) is 0.607. The third kappa shape index (κ3) is 2.20. The van der Waals surface area contributed by atoms with E-state index in [4.69, 9.17) is 0 Å². The molecule has 2 N–H and O–H groups in total. The molecule has 1 aliphatic heterocycles. The first-order valence-electron chi connectivity index (χ1n) is 6.75. The van der Waals surface area contributed by atoms with Crippen LogP contribution < -0.4 is 5.32 Å². The van der Waals surface area contributed by atoms with Gasteiger partial charge in [-0.1, -0.05) is 18.2 Å². The Morgan fingerprint density at radius 2 is 2.20 bits per heavy atom. The van der Waals surface area contributed by atoms with Crippen LogP contribution in [0.4, 0.5) is 0 Å². The van der Waals surface area contributed by atoms with Crippen LogP contribution in [0.1, 0.15) is 18.4 Å². The minimum atomic E-state index is -0.275. The number of likely N-dealkylation sites (N-methyl/N-ethyl adjacent to an activating group) is 1. The summed E-state index contributed by atoms with van der Waals surface area (Å²) in [5, 5.41) is 4.42. The number of nitrogens with zero attached hydrogens (tertiary/aromatic N) is 1. The lowest BCUT2D eigenvalue weighted by Gasteiger charge is -2.28. The number of rotatable bonds is 3. The minimum absolute atomic E-state index is 0.0977. The fraction of sp³-hybridized carbons (Fsp3) is 0.333. The van der Waals surface area contributed by atoms with Gasteiger partial charge in [-0.3, -0.25) is 14.5 Å². The Kier molecular flexibility index (Phi) is 3.28. The van der Waals surface area contributed by atoms with Crippen molar-refractivity contribution in [1.82, 2.24) is 15.2 Å². The largest absolute Gasteiger partial charge is 0.361 e. The molecule has 0 spiro atoms. The predicted octanol–water partition coefficient (Wildman–Crippen LogP) is 1.40. The van der Waals surface area contributed by atoms with E-state index in [2.05, 4.69) is 10.3 Å². The van der Waals surface area contributed by atoms with Gasteiger partial charge in [0.05, 0.1) is 6.04 Å². The van der Waals surface area contributed by atoms with Crippen molar-refractivity contribution in [3.05, 3.63) is 36.0 Å². The normalized spacial score (nSPS) is 19.9. The number of hydrogen-bond acceptors (Lipinski definition) is 3. The number of likely N-dealkylation sites (tertiary alicyclic amines) is 1. The lowest BCUT2D eigenvalue weighted by atomic mass is 10.0. The number of aromatic amines is 1. The molecule has 1 fully saturated rings. The van der Waals surface area contributed by atoms with Crippen molar-refractivity contribution in [2.45, 2.75) is 25.4 Å². The molecule has 2 heterocycles. The van der Waals surface area contributed by atoms with Crippen LogP contribution in [-0.2, 0) is 16.1 Å². The van der Waals surface area contributed by atoms with Gasteiger partial charge in [0.2, 0.25) is 11.8 Å². The van der Waals surface area contributed by atoms with Gasteiger partial charge in [0, 0.05) is 31.7 Å². The summed E-state index contributed by atoms with van der Waals surface area (Å²) in [5.41, 5.74) is 2.22. The first-order valence-corrected chi connectivity index (χ1v) is 6.75. The second kappa shape index (κ2) is 5.09. The number of para-hydroxylation sites is 1. The molecule has 0 aliphatic carbocycles. The molecule has 2 aromatic rings. The van der Waals surface area contributed by atoms with Crippen LogP contribution in [0.2, 0.25) is 0 Å². The topological polar surface area (TPSA) is 65.2 Å². The molecule has 3 rings (SSSR count). The van der Waals surface area contributed by atoms with Gasteiger partial charge in [-0.05, 0) is 23.4 Å². The zero-order chi connectivity index (χ0) is 14.1. The van der Waals surface area contributed by atoms with Crippen LogP contribution in [0.15, 0.2) is 30.5 Å². The van der Waals surface area contributed by atoms with Crippen molar-refractivity contribution >= 4 is 22.7 Å². The molecule has 104 valence electrons. The molecule has 1 aliphatic rings. The van der Waals surface area contributed by atoms with Crippen LogP contribution >= 0.6 is 0 Å². The van der Waals surface area contributed by atoms with E-state index < -0.39 is 0 Å². The molecule has 1 aromatic heterocycles. The van der Waals surface area contributed by atoms with Crippen LogP contribution in [0, 0.1) is 0 Å². The number of carbonyl (C=O) groups excluding carboxylic acids is 2. The highest BCUT2D eigenvalue weighted by atomic mass is 16.2. The zero-order valence-corrected chi connectivity index (χ0v) is 11.3. The maximum Gasteiger partial charge on any atom is 0.246 e. The van der Waals surface area contributed by atoms with Crippen molar-refractivity contribution in [2.24, 2.45) is 0 Å². The smallest absolute Gasteiger partial charge is 0.246 e. The van der Waals surface area contributed by atoms with E-state index in [0.717, 1.165) is 16.5 Å². The average Bonchev–Trinajstić information content (AvgIpc) is 2.93. The number of H-pyrrole nitrogens is 1. The van der Waals surface area contributed by atoms with E-state index in [0.29, 0.717) is 19.4 Å². The molecule has 1 aromatic carbocycles. The Labute approximate surface area is 117 Å². The van der Waals surface area contributed by atoms with E-state index in [-0.39, 0.29) is 17.9 Å². The summed E-state index contributed by atoms with van der Waals surface area (Å²) < 4.78 is 0. The Morgan fingerprint density at radius 1 is 1.35 bits per heavy atom. The molecular weight excluding hydrogens is 254 g/mol. The van der Waals surface area contributed by atoms with Gasteiger partial charge in [-0.2, -0.15) is 0 Å². The standard InChI is InChI=1S/C15H17N3O2/c1-18-13(19)6-5-12(15(18)20)17-9-11-4-2-3-10-7-8-16-14(10)11/h2-4,7-8,12,16-17H,5-6,9H2,1H3. The van der Waals surface area contributed by atoms with Gasteiger partial charge in [0.15, 0.2) is 0 Å². The molecule has 1 atom stereocenters. The van der Waals surface area contributed by atoms with E-state index in [1.54, 1.807) is 7.05 Å². The van der Waals surface area contributed by atoms with Gasteiger partial charge >= 0.3 is 0 Å². The molecule has 0 bridgehead atoms. The fourth-order valence-electron chi connectivity index (χ4n) is 2.64. The fourth-order valence-corrected chi connectivity index (χ4v) is 2.64. The quantitative estimate of drug-likeness (QED) is 0.829. The summed E-state index contributed by atoms with van der Waals surface area (Å²) in [5.74, 6) is -0.237. The van der Waals surface area contributed by atoms with Crippen molar-refractivity contribution in [1.29, 1.82) is 0 Å². The van der Waals surface area contributed by atoms with Crippen LogP contribution in [-0.4, -0.2) is 34.8 Å². The summed E-state index contributed by atoms with van der Waals surface area (Å²) in [7, 11) is 1.55. The molecule has 20 heavy (non-hydrogen) atoms. The molecule has 1 saturated heterocycles. The van der Waals surface area contributed by atoms with Gasteiger partial charge in [0.1, 0.15) is 0 Å². The van der Waals surface area contributed by atoms with Gasteiger partial charge in [-0.15, -0.1) is 0 Å². The van der Waals surface area contributed by atoms with E-state index in [1.165, 1.54) is 4.90 Å². The first-order chi connectivity index (χ1) is 9.66. The maximum absolute atomic E-state index is 12.0. The number of carbonyl (C=O) groups is 2. The number of imide groups is 1. The number of hydrogen-bond donors (Lipinski definition) is 2. The number of amides is 2. The Hall–Kier alpha value is -2.14. The molecule has 1 unspecified atom stereocenters. The highest BCUT2D eigenvalue weighted by Crippen LogP contribution is 2.18. The van der Waals surface area contributed by atoms with Gasteiger partial charge in [0.25, 0.3) is 0 Å². The third-order valence-electron chi connectivity index (χ3n) is 3.86. The Morgan fingerprint density at radius 3 is 3.05 bits per heavy atom. The molecule has 5 heteroatoms. The second-order valence-electron chi connectivity index (χ2n) is 5.12. The number of nitrogens with one attached hydrogen (secondary N) is 2. The SMILES string of the molecule is CN1C(=O)CCC(NCc2cccc3cc[nH]c23)C1=O. The lowest BCUT2D eigenvalue weighted by molar-refractivity contribution is -0.148. The van der Waals surface area contributed by atoms with Crippen molar-refractivity contribution in [2.75, 3.05) is 7.05 Å². The highest BCUT2D eigenvalue weighted by Gasteiger charge is 2.31. The molecule has 0 radical (unpaired) electrons. The van der Waals surface area contributed by atoms with E-state index in [9.17, 15) is 9.59 Å². The predicted molar refractivity (Wildman–Crippen MR) is 75.9 cm³/mol. The van der Waals surface area contributed by atoms with E-state index in [1.807, 2.05) is 30.5 Å². The Bertz CT molecular complexity index is 662. The molecule has 5 nitrogen and oxygen atoms in total. The summed E-state index contributed by atoms with van der Waals surface area (Å²) >= 11 is 0. The minimum Gasteiger partial charge on any atom is -0.361 e. The van der Waals surface area contributed by atoms with Crippen LogP contribution in [0.5, 0.6) is 0 Å². The lowest BCUT2D eigenvalue weighted by Crippen LogP contribution is -2.51. The van der Waals surface area contributed by atoms with Crippen molar-refractivity contribution in [3.8, 4) is 0 Å². The number of piperidine rings is 1. The maximum atomic E-state index is 12.0. The van der Waals surface area contributed by atoms with E-state index >= 15 is 0 Å². The van der Waals surface area contributed by atoms with Crippen molar-refractivity contribution < 1.29 is 9.59 Å². The summed E-state index contributed by atoms with van der Waals surface area (Å²) in [4.78, 5) is 27.9. The summed E-state index contributed by atoms with van der Waals surface area (Å²) in [6, 6.07) is 7.84. The monoisotopic (exact) mass is 271 g/mol. The van der Waals surface area contributed by atoms with Crippen molar-refractivity contribution in [3.63, 3.8) is 0 Å². The molecule has 2 amide bonds. The van der Waals surface area contributed by atoms with Crippen LogP contribution in [0.3, 0.4) is 0 Å². The molecule has 0 saturated carbocycles. The first kappa shape index (κ1) is 12.9. The Balaban J connectivity index is 1.72. The molecular formula is C15H17N3O2. The average molecular weight is 271 g/mol. The second-order valence-corrected chi connectivity index (χ2v) is 5.12. The zero-order valence-electron chi connectivity index (χ0n) is 11.3. The summed E-state index contributed by atoms with van der Waals surface area (Å²) in [6.07, 6.45) is 2.90. The number of benzene rings is 1. The number of aromatic nitrogens is 1. The third-order valence-corrected chi connectivity index (χ3v) is 3.86. The highest BCUT2D eigenvalue weighted by molar-refractivity contribution is 6.00. The van der Waals surface area contributed by atoms with Crippen LogP contribution in [0.25, 0.3) is 10.9 Å². The van der Waals surface area contributed by atoms with Gasteiger partial charge < -0.3 is 10.3 Å².